The second kappa shape index (κ2) is 8.38. The zero-order chi connectivity index (χ0) is 23.9. The van der Waals surface area contributed by atoms with Gasteiger partial charge in [-0.15, -0.1) is 13.2 Å². The van der Waals surface area contributed by atoms with Crippen LogP contribution in [0, 0.1) is 6.92 Å². The number of alkyl halides is 3. The molecular formula is C22H21F3N4O4. The number of benzene rings is 1. The van der Waals surface area contributed by atoms with Crippen LogP contribution in [0.1, 0.15) is 34.8 Å². The van der Waals surface area contributed by atoms with Crippen LogP contribution in [0.2, 0.25) is 0 Å². The Morgan fingerprint density at radius 2 is 1.70 bits per heavy atom. The van der Waals surface area contributed by atoms with E-state index in [9.17, 15) is 27.6 Å². The molecule has 0 atom stereocenters. The summed E-state index contributed by atoms with van der Waals surface area (Å²) in [6.07, 6.45) is -2.36. The number of halogens is 3. The molecule has 8 nitrogen and oxygen atoms in total. The summed E-state index contributed by atoms with van der Waals surface area (Å²) in [5.41, 5.74) is 0.760. The van der Waals surface area contributed by atoms with Crippen LogP contribution < -0.4 is 15.9 Å². The number of fused-ring (bicyclic) bond motifs is 1. The lowest BCUT2D eigenvalue weighted by Crippen LogP contribution is -2.46. The number of pyridine rings is 1. The monoisotopic (exact) mass is 462 g/mol. The van der Waals surface area contributed by atoms with E-state index in [1.54, 1.807) is 17.2 Å². The summed E-state index contributed by atoms with van der Waals surface area (Å²) in [5.74, 6) is -0.736. The van der Waals surface area contributed by atoms with Gasteiger partial charge in [-0.2, -0.15) is 0 Å². The Kier molecular flexibility index (Phi) is 5.73. The number of ether oxygens (including phenoxy) is 1. The minimum Gasteiger partial charge on any atom is -0.406 e. The Morgan fingerprint density at radius 1 is 1.06 bits per heavy atom. The zero-order valence-electron chi connectivity index (χ0n) is 17.9. The molecule has 0 spiro atoms. The van der Waals surface area contributed by atoms with Crippen LogP contribution in [0.3, 0.4) is 0 Å². The number of rotatable bonds is 3. The van der Waals surface area contributed by atoms with Crippen molar-refractivity contribution in [3.63, 3.8) is 0 Å². The maximum atomic E-state index is 12.8. The zero-order valence-corrected chi connectivity index (χ0v) is 17.9. The van der Waals surface area contributed by atoms with E-state index < -0.39 is 23.2 Å². The highest BCUT2D eigenvalue weighted by molar-refractivity contribution is 5.94. The second-order valence-electron chi connectivity index (χ2n) is 7.93. The van der Waals surface area contributed by atoms with E-state index in [1.165, 1.54) is 28.3 Å². The molecule has 2 aromatic heterocycles. The molecule has 33 heavy (non-hydrogen) atoms. The van der Waals surface area contributed by atoms with Gasteiger partial charge in [-0.3, -0.25) is 19.0 Å². The number of hydrogen-bond acceptors (Lipinski definition) is 5. The van der Waals surface area contributed by atoms with Crippen molar-refractivity contribution < 1.29 is 22.7 Å². The molecule has 0 saturated carbocycles. The Bertz CT molecular complexity index is 1320. The molecule has 1 aliphatic rings. The van der Waals surface area contributed by atoms with Gasteiger partial charge in [-0.05, 0) is 55.7 Å². The lowest BCUT2D eigenvalue weighted by Gasteiger charge is -2.33. The van der Waals surface area contributed by atoms with E-state index in [0.29, 0.717) is 37.1 Å². The molecule has 1 aliphatic heterocycles. The predicted octanol–water partition coefficient (Wildman–Crippen LogP) is 2.78. The summed E-state index contributed by atoms with van der Waals surface area (Å²) in [6.45, 7) is 2.48. The SMILES string of the molecule is Cc1ccnc2c1n(C)c(=O)c(=O)n2C1CCN(C(=O)c2ccc(OC(F)(F)F)cc2)CC1. The summed E-state index contributed by atoms with van der Waals surface area (Å²) in [7, 11) is 1.54. The first-order valence-corrected chi connectivity index (χ1v) is 10.3. The molecule has 11 heteroatoms. The van der Waals surface area contributed by atoms with Crippen LogP contribution in [0.25, 0.3) is 11.2 Å². The quantitative estimate of drug-likeness (QED) is 0.559. The fourth-order valence-electron chi connectivity index (χ4n) is 4.22. The van der Waals surface area contributed by atoms with Gasteiger partial charge in [0.2, 0.25) is 0 Å². The van der Waals surface area contributed by atoms with Gasteiger partial charge in [0.05, 0.1) is 5.52 Å². The minimum absolute atomic E-state index is 0.233. The molecule has 174 valence electrons. The van der Waals surface area contributed by atoms with Crippen molar-refractivity contribution in [1.82, 2.24) is 19.0 Å². The van der Waals surface area contributed by atoms with Gasteiger partial charge in [0.1, 0.15) is 5.75 Å². The fourth-order valence-corrected chi connectivity index (χ4v) is 4.22. The molecule has 1 fully saturated rings. The third-order valence-electron chi connectivity index (χ3n) is 5.83. The highest BCUT2D eigenvalue weighted by Gasteiger charge is 2.31. The first-order chi connectivity index (χ1) is 15.6. The molecule has 0 N–H and O–H groups in total. The van der Waals surface area contributed by atoms with E-state index >= 15 is 0 Å². The Morgan fingerprint density at radius 3 is 2.30 bits per heavy atom. The van der Waals surface area contributed by atoms with Gasteiger partial charge in [0.15, 0.2) is 5.65 Å². The summed E-state index contributed by atoms with van der Waals surface area (Å²) >= 11 is 0. The Hall–Kier alpha value is -3.63. The van der Waals surface area contributed by atoms with Gasteiger partial charge >= 0.3 is 17.5 Å². The van der Waals surface area contributed by atoms with Crippen LogP contribution in [0.4, 0.5) is 13.2 Å². The predicted molar refractivity (Wildman–Crippen MR) is 113 cm³/mol. The van der Waals surface area contributed by atoms with Crippen LogP contribution in [-0.2, 0) is 7.05 Å². The number of nitrogens with zero attached hydrogens (tertiary/aromatic N) is 4. The first-order valence-electron chi connectivity index (χ1n) is 10.3. The normalized spacial score (nSPS) is 15.1. The van der Waals surface area contributed by atoms with Crippen molar-refractivity contribution in [3.05, 3.63) is 68.4 Å². The van der Waals surface area contributed by atoms with E-state index in [-0.39, 0.29) is 17.5 Å². The van der Waals surface area contributed by atoms with Gasteiger partial charge in [0, 0.05) is 37.9 Å². The molecule has 3 aromatic rings. The third-order valence-corrected chi connectivity index (χ3v) is 5.83. The van der Waals surface area contributed by atoms with Crippen LogP contribution in [-0.4, -0.2) is 44.4 Å². The number of hydrogen-bond donors (Lipinski definition) is 0. The molecule has 1 saturated heterocycles. The van der Waals surface area contributed by atoms with Crippen LogP contribution in [0.5, 0.6) is 5.75 Å². The number of likely N-dealkylation sites (tertiary alicyclic amines) is 1. The first kappa shape index (κ1) is 22.6. The topological polar surface area (TPSA) is 86.4 Å². The van der Waals surface area contributed by atoms with Gasteiger partial charge < -0.3 is 14.2 Å². The number of carbonyl (C=O) groups is 1. The summed E-state index contributed by atoms with van der Waals surface area (Å²) < 4.78 is 43.5. The second-order valence-corrected chi connectivity index (χ2v) is 7.93. The Labute approximate surface area is 185 Å². The number of aryl methyl sites for hydroxylation is 2. The summed E-state index contributed by atoms with van der Waals surface area (Å²) in [5, 5.41) is 0. The fraction of sp³-hybridized carbons (Fsp3) is 0.364. The van der Waals surface area contributed by atoms with Crippen molar-refractivity contribution in [3.8, 4) is 5.75 Å². The average molecular weight is 462 g/mol. The molecule has 0 aliphatic carbocycles. The van der Waals surface area contributed by atoms with Gasteiger partial charge in [-0.25, -0.2) is 4.98 Å². The van der Waals surface area contributed by atoms with E-state index in [2.05, 4.69) is 9.72 Å². The molecule has 0 radical (unpaired) electrons. The van der Waals surface area contributed by atoms with Crippen molar-refractivity contribution in [1.29, 1.82) is 0 Å². The maximum absolute atomic E-state index is 12.8. The third kappa shape index (κ3) is 4.35. The van der Waals surface area contributed by atoms with Crippen LogP contribution >= 0.6 is 0 Å². The number of carbonyl (C=O) groups excluding carboxylic acids is 1. The van der Waals surface area contributed by atoms with E-state index in [0.717, 1.165) is 17.7 Å². The summed E-state index contributed by atoms with van der Waals surface area (Å²) in [6, 6.07) is 6.19. The van der Waals surface area contributed by atoms with Crippen molar-refractivity contribution in [2.45, 2.75) is 32.2 Å². The molecular weight excluding hydrogens is 441 g/mol. The van der Waals surface area contributed by atoms with E-state index in [4.69, 9.17) is 0 Å². The number of amides is 1. The standard InChI is InChI=1S/C22H21F3N4O4/c1-13-7-10-26-18-17(13)27(2)20(31)21(32)29(18)15-8-11-28(12-9-15)19(30)14-3-5-16(6-4-14)33-22(23,24)25/h3-7,10,15H,8-9,11-12H2,1-2H3. The molecule has 0 unspecified atom stereocenters. The van der Waals surface area contributed by atoms with E-state index in [1.807, 2.05) is 6.92 Å². The van der Waals surface area contributed by atoms with Gasteiger partial charge in [-0.1, -0.05) is 0 Å². The molecule has 1 amide bonds. The average Bonchev–Trinajstić information content (AvgIpc) is 2.77. The minimum atomic E-state index is -4.80. The molecule has 0 bridgehead atoms. The Balaban J connectivity index is 1.54. The van der Waals surface area contributed by atoms with Crippen molar-refractivity contribution in [2.75, 3.05) is 13.1 Å². The largest absolute Gasteiger partial charge is 0.573 e. The molecule has 1 aromatic carbocycles. The van der Waals surface area contributed by atoms with Crippen LogP contribution in [0.15, 0.2) is 46.1 Å². The highest BCUT2D eigenvalue weighted by Crippen LogP contribution is 2.27. The maximum Gasteiger partial charge on any atom is 0.573 e. The van der Waals surface area contributed by atoms with Crippen molar-refractivity contribution in [2.24, 2.45) is 7.05 Å². The van der Waals surface area contributed by atoms with Gasteiger partial charge in [0.25, 0.3) is 5.91 Å². The number of aromatic nitrogens is 3. The number of piperidine rings is 1. The molecule has 4 rings (SSSR count). The molecule has 3 heterocycles. The lowest BCUT2D eigenvalue weighted by molar-refractivity contribution is -0.274. The summed E-state index contributed by atoms with van der Waals surface area (Å²) in [4.78, 5) is 44.0. The highest BCUT2D eigenvalue weighted by atomic mass is 19.4. The van der Waals surface area contributed by atoms with Crippen molar-refractivity contribution >= 4 is 17.1 Å². The smallest absolute Gasteiger partial charge is 0.406 e. The lowest BCUT2D eigenvalue weighted by atomic mass is 10.0.